The molecule has 1 fully saturated rings. The second-order valence-corrected chi connectivity index (χ2v) is 5.62. The van der Waals surface area contributed by atoms with Crippen molar-refractivity contribution in [3.05, 3.63) is 21.9 Å². The van der Waals surface area contributed by atoms with Crippen LogP contribution >= 0.6 is 11.3 Å². The number of carbonyl (C=O) groups excluding carboxylic acids is 1. The van der Waals surface area contributed by atoms with E-state index in [-0.39, 0.29) is 11.8 Å². The number of amides is 1. The zero-order valence-electron chi connectivity index (χ0n) is 10.7. The van der Waals surface area contributed by atoms with Crippen LogP contribution in [0.5, 0.6) is 0 Å². The highest BCUT2D eigenvalue weighted by atomic mass is 32.1. The lowest BCUT2D eigenvalue weighted by Crippen LogP contribution is -2.48. The largest absolute Gasteiger partial charge is 0.480 e. The van der Waals surface area contributed by atoms with Crippen LogP contribution in [0.4, 0.5) is 0 Å². The van der Waals surface area contributed by atoms with Crippen LogP contribution in [0.2, 0.25) is 0 Å². The van der Waals surface area contributed by atoms with Gasteiger partial charge in [0.1, 0.15) is 6.04 Å². The Morgan fingerprint density at radius 2 is 2.37 bits per heavy atom. The highest BCUT2D eigenvalue weighted by Crippen LogP contribution is 2.20. The quantitative estimate of drug-likeness (QED) is 0.881. The van der Waals surface area contributed by atoms with Gasteiger partial charge in [-0.05, 0) is 36.8 Å². The van der Waals surface area contributed by atoms with Gasteiger partial charge in [0, 0.05) is 12.5 Å². The Morgan fingerprint density at radius 1 is 1.58 bits per heavy atom. The first-order valence-corrected chi connectivity index (χ1v) is 7.13. The fourth-order valence-corrected chi connectivity index (χ4v) is 3.05. The van der Waals surface area contributed by atoms with Gasteiger partial charge in [-0.1, -0.05) is 0 Å². The van der Waals surface area contributed by atoms with Crippen molar-refractivity contribution in [2.24, 2.45) is 5.92 Å². The van der Waals surface area contributed by atoms with E-state index in [0.29, 0.717) is 18.1 Å². The van der Waals surface area contributed by atoms with E-state index in [1.54, 1.807) is 0 Å². The van der Waals surface area contributed by atoms with Gasteiger partial charge in [-0.25, -0.2) is 4.79 Å². The molecule has 1 amide bonds. The van der Waals surface area contributed by atoms with E-state index in [4.69, 9.17) is 4.74 Å². The molecule has 104 valence electrons. The molecule has 2 N–H and O–H groups in total. The molecule has 1 aromatic rings. The fraction of sp³-hybridized carbons (Fsp3) is 0.538. The highest BCUT2D eigenvalue weighted by Gasteiger charge is 2.31. The SMILES string of the molecule is Cc1ccsc1C(=O)NC(C(=O)O)C1CCCOC1. The van der Waals surface area contributed by atoms with Crippen molar-refractivity contribution in [3.63, 3.8) is 0 Å². The van der Waals surface area contributed by atoms with Crippen molar-refractivity contribution in [1.29, 1.82) is 0 Å². The van der Waals surface area contributed by atoms with E-state index < -0.39 is 12.0 Å². The summed E-state index contributed by atoms with van der Waals surface area (Å²) in [5.74, 6) is -1.47. The first-order chi connectivity index (χ1) is 9.09. The summed E-state index contributed by atoms with van der Waals surface area (Å²) >= 11 is 1.32. The maximum Gasteiger partial charge on any atom is 0.326 e. The van der Waals surface area contributed by atoms with Crippen LogP contribution < -0.4 is 5.32 Å². The number of aryl methyl sites for hydroxylation is 1. The molecule has 1 aliphatic rings. The Kier molecular flexibility index (Phi) is 4.55. The maximum absolute atomic E-state index is 12.1. The van der Waals surface area contributed by atoms with Crippen LogP contribution in [0.1, 0.15) is 28.1 Å². The minimum Gasteiger partial charge on any atom is -0.480 e. The molecule has 6 heteroatoms. The normalized spacial score (nSPS) is 20.8. The molecule has 0 bridgehead atoms. The number of hydrogen-bond acceptors (Lipinski definition) is 4. The Hall–Kier alpha value is -1.40. The Balaban J connectivity index is 2.06. The first kappa shape index (κ1) is 14.0. The Bertz CT molecular complexity index is 465. The summed E-state index contributed by atoms with van der Waals surface area (Å²) in [7, 11) is 0. The molecule has 0 aliphatic carbocycles. The zero-order valence-corrected chi connectivity index (χ0v) is 11.5. The molecule has 0 radical (unpaired) electrons. The van der Waals surface area contributed by atoms with Crippen molar-refractivity contribution < 1.29 is 19.4 Å². The number of nitrogens with one attached hydrogen (secondary N) is 1. The van der Waals surface area contributed by atoms with E-state index in [9.17, 15) is 14.7 Å². The number of carbonyl (C=O) groups is 2. The summed E-state index contributed by atoms with van der Waals surface area (Å²) < 4.78 is 5.30. The van der Waals surface area contributed by atoms with Crippen molar-refractivity contribution in [2.75, 3.05) is 13.2 Å². The van der Waals surface area contributed by atoms with Gasteiger partial charge in [-0.15, -0.1) is 11.3 Å². The summed E-state index contributed by atoms with van der Waals surface area (Å²) in [5, 5.41) is 13.7. The second-order valence-electron chi connectivity index (χ2n) is 4.70. The molecule has 1 aliphatic heterocycles. The lowest BCUT2D eigenvalue weighted by atomic mass is 9.93. The maximum atomic E-state index is 12.1. The van der Waals surface area contributed by atoms with Crippen LogP contribution in [-0.2, 0) is 9.53 Å². The number of ether oxygens (including phenoxy) is 1. The van der Waals surface area contributed by atoms with Crippen molar-refractivity contribution in [1.82, 2.24) is 5.32 Å². The van der Waals surface area contributed by atoms with Gasteiger partial charge in [-0.2, -0.15) is 0 Å². The molecule has 5 nitrogen and oxygen atoms in total. The minimum absolute atomic E-state index is 0.157. The monoisotopic (exact) mass is 283 g/mol. The number of hydrogen-bond donors (Lipinski definition) is 2. The van der Waals surface area contributed by atoms with Crippen molar-refractivity contribution in [2.45, 2.75) is 25.8 Å². The lowest BCUT2D eigenvalue weighted by molar-refractivity contribution is -0.142. The van der Waals surface area contributed by atoms with Gasteiger partial charge >= 0.3 is 5.97 Å². The molecule has 1 aromatic heterocycles. The molecule has 0 spiro atoms. The third-order valence-corrected chi connectivity index (χ3v) is 4.30. The third-order valence-electron chi connectivity index (χ3n) is 3.29. The molecule has 19 heavy (non-hydrogen) atoms. The Morgan fingerprint density at radius 3 is 2.89 bits per heavy atom. The molecule has 2 atom stereocenters. The van der Waals surface area contributed by atoms with Crippen molar-refractivity contribution >= 4 is 23.2 Å². The van der Waals surface area contributed by atoms with Crippen molar-refractivity contribution in [3.8, 4) is 0 Å². The summed E-state index contributed by atoms with van der Waals surface area (Å²) in [6.45, 7) is 2.90. The van der Waals surface area contributed by atoms with Gasteiger partial charge < -0.3 is 15.2 Å². The van der Waals surface area contributed by atoms with E-state index >= 15 is 0 Å². The first-order valence-electron chi connectivity index (χ1n) is 6.25. The van der Waals surface area contributed by atoms with E-state index in [1.807, 2.05) is 18.4 Å². The number of rotatable bonds is 4. The lowest BCUT2D eigenvalue weighted by Gasteiger charge is -2.28. The number of carboxylic acid groups (broad SMARTS) is 1. The van der Waals surface area contributed by atoms with Crippen LogP contribution in [0.15, 0.2) is 11.4 Å². The molecule has 2 heterocycles. The molecular formula is C13H17NO4S. The summed E-state index contributed by atoms with van der Waals surface area (Å²) in [6.07, 6.45) is 1.60. The minimum atomic E-state index is -1.00. The molecule has 0 aromatic carbocycles. The summed E-state index contributed by atoms with van der Waals surface area (Å²) in [6, 6.07) is 0.966. The smallest absolute Gasteiger partial charge is 0.326 e. The number of thiophene rings is 1. The topological polar surface area (TPSA) is 75.6 Å². The molecule has 0 saturated carbocycles. The number of aliphatic carboxylic acids is 1. The van der Waals surface area contributed by atoms with Gasteiger partial charge in [0.15, 0.2) is 0 Å². The molecule has 2 unspecified atom stereocenters. The predicted octanol–water partition coefficient (Wildman–Crippen LogP) is 1.67. The zero-order chi connectivity index (χ0) is 13.8. The molecule has 2 rings (SSSR count). The fourth-order valence-electron chi connectivity index (χ4n) is 2.22. The van der Waals surface area contributed by atoms with Crippen LogP contribution in [0, 0.1) is 12.8 Å². The van der Waals surface area contributed by atoms with Gasteiger partial charge in [-0.3, -0.25) is 4.79 Å². The summed E-state index contributed by atoms with van der Waals surface area (Å²) in [5.41, 5.74) is 0.867. The van der Waals surface area contributed by atoms with Gasteiger partial charge in [0.25, 0.3) is 5.91 Å². The van der Waals surface area contributed by atoms with Crippen LogP contribution in [0.3, 0.4) is 0 Å². The van der Waals surface area contributed by atoms with Crippen LogP contribution in [-0.4, -0.2) is 36.2 Å². The standard InChI is InChI=1S/C13H17NO4S/c1-8-4-6-19-11(8)12(15)14-10(13(16)17)9-3-2-5-18-7-9/h4,6,9-10H,2-3,5,7H2,1H3,(H,14,15)(H,16,17). The average molecular weight is 283 g/mol. The molecular weight excluding hydrogens is 266 g/mol. The average Bonchev–Trinajstić information content (AvgIpc) is 2.82. The van der Waals surface area contributed by atoms with E-state index in [1.165, 1.54) is 11.3 Å². The Labute approximate surface area is 115 Å². The van der Waals surface area contributed by atoms with E-state index in [2.05, 4.69) is 5.32 Å². The van der Waals surface area contributed by atoms with Gasteiger partial charge in [0.2, 0.25) is 0 Å². The highest BCUT2D eigenvalue weighted by molar-refractivity contribution is 7.12. The summed E-state index contributed by atoms with van der Waals surface area (Å²) in [4.78, 5) is 24.0. The van der Waals surface area contributed by atoms with Gasteiger partial charge in [0.05, 0.1) is 11.5 Å². The second kappa shape index (κ2) is 6.16. The molecule has 1 saturated heterocycles. The van der Waals surface area contributed by atoms with E-state index in [0.717, 1.165) is 18.4 Å². The third kappa shape index (κ3) is 3.33. The number of carboxylic acids is 1. The van der Waals surface area contributed by atoms with Crippen LogP contribution in [0.25, 0.3) is 0 Å². The predicted molar refractivity (Wildman–Crippen MR) is 71.5 cm³/mol.